The van der Waals surface area contributed by atoms with E-state index in [1.807, 2.05) is 0 Å². The van der Waals surface area contributed by atoms with Crippen LogP contribution in [0.5, 0.6) is 0 Å². The lowest BCUT2D eigenvalue weighted by molar-refractivity contribution is 0.551. The van der Waals surface area contributed by atoms with E-state index in [1.165, 1.54) is 6.07 Å². The fourth-order valence-corrected chi connectivity index (χ4v) is 3.41. The van der Waals surface area contributed by atoms with Crippen LogP contribution in [0.15, 0.2) is 53.4 Å². The molecular formula is C17H10F3N3O2S. The number of nitrogens with one attached hydrogen (secondary N) is 2. The first kappa shape index (κ1) is 17.6. The lowest BCUT2D eigenvalue weighted by Crippen LogP contribution is -2.15. The number of sulfonamides is 1. The normalized spacial score (nSPS) is 11.2. The van der Waals surface area contributed by atoms with E-state index in [-0.39, 0.29) is 5.69 Å². The van der Waals surface area contributed by atoms with Gasteiger partial charge in [0.15, 0.2) is 0 Å². The zero-order valence-electron chi connectivity index (χ0n) is 12.9. The summed E-state index contributed by atoms with van der Waals surface area (Å²) in [4.78, 5) is 1.55. The molecule has 2 aromatic carbocycles. The van der Waals surface area contributed by atoms with E-state index in [2.05, 4.69) is 4.98 Å². The van der Waals surface area contributed by atoms with Crippen LogP contribution in [0.2, 0.25) is 0 Å². The summed E-state index contributed by atoms with van der Waals surface area (Å²) in [5.41, 5.74) is -0.564. The minimum Gasteiger partial charge on any atom is -0.330 e. The number of aromatic amines is 1. The Morgan fingerprint density at radius 2 is 1.69 bits per heavy atom. The molecule has 1 aromatic heterocycles. The van der Waals surface area contributed by atoms with E-state index in [0.29, 0.717) is 17.7 Å². The second-order valence-electron chi connectivity index (χ2n) is 5.26. The number of nitriles is 1. The largest absolute Gasteiger partial charge is 0.330 e. The highest BCUT2D eigenvalue weighted by molar-refractivity contribution is 7.92. The molecule has 3 aromatic rings. The number of benzene rings is 2. The lowest BCUT2D eigenvalue weighted by Gasteiger charge is -2.08. The third kappa shape index (κ3) is 3.27. The molecule has 1 heterocycles. The summed E-state index contributed by atoms with van der Waals surface area (Å²) in [7, 11) is -4.54. The first-order valence-electron chi connectivity index (χ1n) is 7.17. The Balaban J connectivity index is 1.99. The molecule has 0 aliphatic rings. The van der Waals surface area contributed by atoms with Crippen LogP contribution in [0.4, 0.5) is 18.9 Å². The zero-order valence-corrected chi connectivity index (χ0v) is 13.7. The fraction of sp³-hybridized carbons (Fsp3) is 0. The molecule has 26 heavy (non-hydrogen) atoms. The van der Waals surface area contributed by atoms with Crippen LogP contribution in [-0.4, -0.2) is 13.4 Å². The molecular weight excluding hydrogens is 367 g/mol. The highest BCUT2D eigenvalue weighted by Gasteiger charge is 2.24. The molecule has 132 valence electrons. The molecule has 0 aliphatic heterocycles. The summed E-state index contributed by atoms with van der Waals surface area (Å²) < 4.78 is 68.1. The van der Waals surface area contributed by atoms with Crippen LogP contribution in [0.25, 0.3) is 11.3 Å². The SMILES string of the molecule is N#Cc1cc(F)c(NS(=O)(=O)c2cc(-c3ccccc3)[nH]c2F)cc1F. The minimum absolute atomic E-state index is 0.204. The van der Waals surface area contributed by atoms with Gasteiger partial charge in [0.1, 0.15) is 22.6 Å². The molecule has 5 nitrogen and oxygen atoms in total. The Hall–Kier alpha value is -3.25. The fourth-order valence-electron chi connectivity index (χ4n) is 2.29. The van der Waals surface area contributed by atoms with Crippen molar-refractivity contribution < 1.29 is 21.6 Å². The number of halogens is 3. The topological polar surface area (TPSA) is 85.8 Å². The van der Waals surface area contributed by atoms with Gasteiger partial charge in [-0.1, -0.05) is 30.3 Å². The summed E-state index contributed by atoms with van der Waals surface area (Å²) in [6, 6.07) is 12.0. The van der Waals surface area contributed by atoms with Crippen LogP contribution in [0.3, 0.4) is 0 Å². The first-order valence-corrected chi connectivity index (χ1v) is 8.66. The summed E-state index contributed by atoms with van der Waals surface area (Å²) in [6.07, 6.45) is 0. The van der Waals surface area contributed by atoms with Crippen molar-refractivity contribution in [3.8, 4) is 17.3 Å². The predicted octanol–water partition coefficient (Wildman–Crippen LogP) is 3.77. The Morgan fingerprint density at radius 3 is 2.35 bits per heavy atom. The van der Waals surface area contributed by atoms with Gasteiger partial charge < -0.3 is 4.98 Å². The second kappa shape index (κ2) is 6.57. The summed E-state index contributed by atoms with van der Waals surface area (Å²) in [6.45, 7) is 0. The van der Waals surface area contributed by atoms with Crippen LogP contribution < -0.4 is 4.72 Å². The third-order valence-electron chi connectivity index (χ3n) is 3.53. The number of anilines is 1. The third-order valence-corrected chi connectivity index (χ3v) is 4.90. The van der Waals surface area contributed by atoms with Gasteiger partial charge in [0.2, 0.25) is 5.95 Å². The van der Waals surface area contributed by atoms with Gasteiger partial charge in [0.25, 0.3) is 10.0 Å². The van der Waals surface area contributed by atoms with Crippen LogP contribution in [0, 0.1) is 28.9 Å². The van der Waals surface area contributed by atoms with Crippen LogP contribution in [0.1, 0.15) is 5.56 Å². The molecule has 0 amide bonds. The molecule has 0 fully saturated rings. The van der Waals surface area contributed by atoms with E-state index < -0.39 is 43.8 Å². The maximum atomic E-state index is 14.1. The smallest absolute Gasteiger partial charge is 0.266 e. The molecule has 3 rings (SSSR count). The van der Waals surface area contributed by atoms with Gasteiger partial charge in [-0.25, -0.2) is 17.2 Å². The molecule has 0 bridgehead atoms. The number of nitrogens with zero attached hydrogens (tertiary/aromatic N) is 1. The van der Waals surface area contributed by atoms with Crippen molar-refractivity contribution in [1.29, 1.82) is 5.26 Å². The van der Waals surface area contributed by atoms with E-state index in [4.69, 9.17) is 5.26 Å². The van der Waals surface area contributed by atoms with Crippen LogP contribution >= 0.6 is 0 Å². The van der Waals surface area contributed by atoms with Crippen molar-refractivity contribution >= 4 is 15.7 Å². The predicted molar refractivity (Wildman–Crippen MR) is 88.1 cm³/mol. The van der Waals surface area contributed by atoms with Crippen molar-refractivity contribution in [2.45, 2.75) is 4.90 Å². The van der Waals surface area contributed by atoms with Crippen molar-refractivity contribution in [1.82, 2.24) is 4.98 Å². The number of H-pyrrole nitrogens is 1. The monoisotopic (exact) mass is 377 g/mol. The maximum Gasteiger partial charge on any atom is 0.266 e. The standard InChI is InChI=1S/C17H10F3N3O2S/c18-12-7-15(13(19)6-11(12)9-21)23-26(24,25)16-8-14(22-17(16)20)10-4-2-1-3-5-10/h1-8,22-23H. The maximum absolute atomic E-state index is 14.1. The first-order chi connectivity index (χ1) is 12.3. The highest BCUT2D eigenvalue weighted by atomic mass is 32.2. The van der Waals surface area contributed by atoms with Gasteiger partial charge in [-0.2, -0.15) is 9.65 Å². The summed E-state index contributed by atoms with van der Waals surface area (Å²) in [5, 5.41) is 8.64. The van der Waals surface area contributed by atoms with Crippen molar-refractivity contribution in [3.05, 3.63) is 71.7 Å². The highest BCUT2D eigenvalue weighted by Crippen LogP contribution is 2.27. The number of aromatic nitrogens is 1. The van der Waals surface area contributed by atoms with Gasteiger partial charge in [-0.05, 0) is 17.7 Å². The molecule has 0 aliphatic carbocycles. The Bertz CT molecular complexity index is 1120. The van der Waals surface area contributed by atoms with Crippen molar-refractivity contribution in [2.24, 2.45) is 0 Å². The van der Waals surface area contributed by atoms with Gasteiger partial charge in [-0.3, -0.25) is 4.72 Å². The van der Waals surface area contributed by atoms with E-state index in [1.54, 1.807) is 35.1 Å². The number of hydrogen-bond donors (Lipinski definition) is 2. The number of hydrogen-bond acceptors (Lipinski definition) is 3. The molecule has 0 atom stereocenters. The number of rotatable bonds is 4. The van der Waals surface area contributed by atoms with Gasteiger partial charge in [-0.15, -0.1) is 0 Å². The average Bonchev–Trinajstić information content (AvgIpc) is 3.01. The molecule has 9 heteroatoms. The quantitative estimate of drug-likeness (QED) is 0.726. The van der Waals surface area contributed by atoms with Crippen molar-refractivity contribution in [2.75, 3.05) is 4.72 Å². The van der Waals surface area contributed by atoms with Gasteiger partial charge in [0.05, 0.1) is 11.3 Å². The Labute approximate surface area is 146 Å². The molecule has 0 saturated heterocycles. The van der Waals surface area contributed by atoms with Gasteiger partial charge in [0, 0.05) is 11.8 Å². The molecule has 0 saturated carbocycles. The van der Waals surface area contributed by atoms with Crippen molar-refractivity contribution in [3.63, 3.8) is 0 Å². The molecule has 0 spiro atoms. The Kier molecular flexibility index (Phi) is 4.44. The minimum atomic E-state index is -4.54. The summed E-state index contributed by atoms with van der Waals surface area (Å²) >= 11 is 0. The Morgan fingerprint density at radius 1 is 1.00 bits per heavy atom. The zero-order chi connectivity index (χ0) is 18.9. The van der Waals surface area contributed by atoms with E-state index >= 15 is 0 Å². The van der Waals surface area contributed by atoms with E-state index in [9.17, 15) is 21.6 Å². The summed E-state index contributed by atoms with van der Waals surface area (Å²) in [5.74, 6) is -3.41. The van der Waals surface area contributed by atoms with Crippen LogP contribution in [-0.2, 0) is 10.0 Å². The average molecular weight is 377 g/mol. The van der Waals surface area contributed by atoms with E-state index in [0.717, 1.165) is 6.07 Å². The molecule has 0 radical (unpaired) electrons. The second-order valence-corrected chi connectivity index (χ2v) is 6.91. The molecule has 2 N–H and O–H groups in total. The lowest BCUT2D eigenvalue weighted by atomic mass is 10.2. The van der Waals surface area contributed by atoms with Gasteiger partial charge >= 0.3 is 0 Å². The molecule has 0 unspecified atom stereocenters.